The number of Topliss-reactive ketones (excluding diaryl/α,β-unsaturated/α-hetero) is 1. The van der Waals surface area contributed by atoms with Crippen molar-refractivity contribution in [2.45, 2.75) is 46.6 Å². The molecule has 37 heavy (non-hydrogen) atoms. The molecule has 2 aromatic carbocycles. The average molecular weight is 521 g/mol. The van der Waals surface area contributed by atoms with Crippen LogP contribution in [0.25, 0.3) is 6.08 Å². The Hall–Kier alpha value is -3.65. The Labute approximate surface area is 220 Å². The highest BCUT2D eigenvalue weighted by Crippen LogP contribution is 2.37. The second-order valence-electron chi connectivity index (χ2n) is 9.35. The molecule has 1 unspecified atom stereocenters. The van der Waals surface area contributed by atoms with Crippen LogP contribution in [0, 0.1) is 6.92 Å². The number of aromatic nitrogens is 1. The Kier molecular flexibility index (Phi) is 7.41. The van der Waals surface area contributed by atoms with Crippen LogP contribution in [0.1, 0.15) is 61.9 Å². The van der Waals surface area contributed by atoms with Crippen LogP contribution in [0.3, 0.4) is 0 Å². The van der Waals surface area contributed by atoms with Crippen molar-refractivity contribution in [1.82, 2.24) is 4.57 Å². The summed E-state index contributed by atoms with van der Waals surface area (Å²) in [5, 5.41) is 0. The maximum Gasteiger partial charge on any atom is 0.271 e. The maximum absolute atomic E-state index is 13.9. The number of allylic oxidation sites excluding steroid dienone is 2. The van der Waals surface area contributed by atoms with E-state index in [1.165, 1.54) is 18.3 Å². The van der Waals surface area contributed by atoms with E-state index in [2.05, 4.69) is 24.9 Å². The lowest BCUT2D eigenvalue weighted by molar-refractivity contribution is -0.114. The molecule has 0 saturated carbocycles. The zero-order chi connectivity index (χ0) is 27.0. The van der Waals surface area contributed by atoms with Crippen LogP contribution in [0.5, 0.6) is 17.2 Å². The first kappa shape index (κ1) is 26.4. The van der Waals surface area contributed by atoms with Gasteiger partial charge in [-0.25, -0.2) is 4.99 Å². The number of methoxy groups -OCH3 is 3. The number of carbonyl (C=O) groups is 1. The van der Waals surface area contributed by atoms with E-state index in [0.717, 1.165) is 22.4 Å². The zero-order valence-electron chi connectivity index (χ0n) is 22.5. The van der Waals surface area contributed by atoms with Gasteiger partial charge in [-0.05, 0) is 73.7 Å². The molecule has 3 aromatic rings. The van der Waals surface area contributed by atoms with Crippen LogP contribution in [-0.4, -0.2) is 31.7 Å². The van der Waals surface area contributed by atoms with E-state index in [9.17, 15) is 9.59 Å². The second-order valence-corrected chi connectivity index (χ2v) is 10.4. The Morgan fingerprint density at radius 3 is 2.35 bits per heavy atom. The van der Waals surface area contributed by atoms with Gasteiger partial charge >= 0.3 is 0 Å². The van der Waals surface area contributed by atoms with Gasteiger partial charge in [-0.15, -0.1) is 0 Å². The van der Waals surface area contributed by atoms with E-state index in [0.29, 0.717) is 37.7 Å². The molecule has 0 amide bonds. The number of fused-ring (bicyclic) bond motifs is 1. The highest BCUT2D eigenvalue weighted by molar-refractivity contribution is 7.07. The third-order valence-corrected chi connectivity index (χ3v) is 7.65. The molecule has 0 N–H and O–H groups in total. The summed E-state index contributed by atoms with van der Waals surface area (Å²) in [4.78, 5) is 31.9. The number of carbonyl (C=O) groups excluding carboxylic acids is 1. The number of ketones is 1. The topological polar surface area (TPSA) is 79.1 Å². The molecule has 194 valence electrons. The van der Waals surface area contributed by atoms with Gasteiger partial charge in [-0.3, -0.25) is 14.2 Å². The summed E-state index contributed by atoms with van der Waals surface area (Å²) in [6.07, 6.45) is 1.90. The Bertz CT molecular complexity index is 1590. The van der Waals surface area contributed by atoms with Gasteiger partial charge in [0.15, 0.2) is 10.6 Å². The van der Waals surface area contributed by atoms with Crippen LogP contribution < -0.4 is 29.1 Å². The molecule has 1 aliphatic heterocycles. The monoisotopic (exact) mass is 520 g/mol. The van der Waals surface area contributed by atoms with Crippen molar-refractivity contribution in [3.8, 4) is 17.2 Å². The molecular formula is C29H32N2O5S. The lowest BCUT2D eigenvalue weighted by atomic mass is 9.92. The van der Waals surface area contributed by atoms with Crippen molar-refractivity contribution in [2.24, 2.45) is 4.99 Å². The summed E-state index contributed by atoms with van der Waals surface area (Å²) in [6.45, 7) is 9.52. The number of thiazole rings is 1. The Balaban J connectivity index is 1.99. The van der Waals surface area contributed by atoms with E-state index in [4.69, 9.17) is 14.2 Å². The number of benzene rings is 2. The van der Waals surface area contributed by atoms with Crippen molar-refractivity contribution >= 4 is 23.2 Å². The average Bonchev–Trinajstić information content (AvgIpc) is 3.17. The zero-order valence-corrected chi connectivity index (χ0v) is 23.3. The number of aryl methyl sites for hydroxylation is 1. The molecule has 1 atom stereocenters. The van der Waals surface area contributed by atoms with E-state index in [1.807, 2.05) is 25.1 Å². The number of nitrogens with zero attached hydrogens (tertiary/aromatic N) is 2. The molecule has 7 nitrogen and oxygen atoms in total. The van der Waals surface area contributed by atoms with Gasteiger partial charge in [0, 0.05) is 22.9 Å². The quantitative estimate of drug-likeness (QED) is 0.465. The van der Waals surface area contributed by atoms with Crippen LogP contribution in [0.4, 0.5) is 0 Å². The number of hydrogen-bond acceptors (Lipinski definition) is 7. The van der Waals surface area contributed by atoms with E-state index < -0.39 is 6.04 Å². The molecule has 4 rings (SSSR count). The molecule has 2 heterocycles. The molecule has 0 aliphatic carbocycles. The van der Waals surface area contributed by atoms with Gasteiger partial charge in [0.1, 0.15) is 17.2 Å². The molecule has 0 fully saturated rings. The van der Waals surface area contributed by atoms with E-state index in [-0.39, 0.29) is 17.3 Å². The van der Waals surface area contributed by atoms with Crippen molar-refractivity contribution in [1.29, 1.82) is 0 Å². The molecule has 0 saturated heterocycles. The van der Waals surface area contributed by atoms with Gasteiger partial charge in [0.05, 0.1) is 31.9 Å². The molecule has 0 bridgehead atoms. The minimum atomic E-state index is -0.667. The Morgan fingerprint density at radius 1 is 1.05 bits per heavy atom. The lowest BCUT2D eigenvalue weighted by Gasteiger charge is -2.26. The van der Waals surface area contributed by atoms with Crippen molar-refractivity contribution in [3.63, 3.8) is 0 Å². The van der Waals surface area contributed by atoms with Crippen LogP contribution in [0.15, 0.2) is 51.4 Å². The van der Waals surface area contributed by atoms with Crippen molar-refractivity contribution < 1.29 is 19.0 Å². The minimum absolute atomic E-state index is 0.147. The molecule has 0 radical (unpaired) electrons. The lowest BCUT2D eigenvalue weighted by Crippen LogP contribution is -2.39. The van der Waals surface area contributed by atoms with Gasteiger partial charge in [-0.2, -0.15) is 0 Å². The normalized spacial score (nSPS) is 15.5. The fourth-order valence-electron chi connectivity index (χ4n) is 4.75. The van der Waals surface area contributed by atoms with Gasteiger partial charge in [-0.1, -0.05) is 25.2 Å². The first-order valence-corrected chi connectivity index (χ1v) is 12.9. The molecule has 1 aliphatic rings. The predicted octanol–water partition coefficient (Wildman–Crippen LogP) is 4.28. The van der Waals surface area contributed by atoms with Crippen LogP contribution in [-0.2, 0) is 4.79 Å². The summed E-state index contributed by atoms with van der Waals surface area (Å²) in [6, 6.07) is 8.81. The first-order chi connectivity index (χ1) is 17.6. The molecule has 0 spiro atoms. The molecule has 1 aromatic heterocycles. The van der Waals surface area contributed by atoms with E-state index >= 15 is 0 Å². The van der Waals surface area contributed by atoms with Crippen LogP contribution >= 0.6 is 11.3 Å². The van der Waals surface area contributed by atoms with E-state index in [1.54, 1.807) is 45.0 Å². The number of ether oxygens (including phenoxy) is 3. The number of hydrogen-bond donors (Lipinski definition) is 0. The first-order valence-electron chi connectivity index (χ1n) is 12.0. The summed E-state index contributed by atoms with van der Waals surface area (Å²) in [5.41, 5.74) is 4.55. The van der Waals surface area contributed by atoms with Crippen LogP contribution in [0.2, 0.25) is 0 Å². The molecule has 8 heteroatoms. The summed E-state index contributed by atoms with van der Waals surface area (Å²) in [5.74, 6) is 2.09. The van der Waals surface area contributed by atoms with Crippen molar-refractivity contribution in [2.75, 3.05) is 21.3 Å². The van der Waals surface area contributed by atoms with Gasteiger partial charge < -0.3 is 14.2 Å². The summed E-state index contributed by atoms with van der Waals surface area (Å²) < 4.78 is 18.7. The second kappa shape index (κ2) is 10.4. The van der Waals surface area contributed by atoms with Gasteiger partial charge in [0.25, 0.3) is 5.56 Å². The van der Waals surface area contributed by atoms with Crippen molar-refractivity contribution in [3.05, 3.63) is 83.5 Å². The maximum atomic E-state index is 13.9. The predicted molar refractivity (Wildman–Crippen MR) is 146 cm³/mol. The summed E-state index contributed by atoms with van der Waals surface area (Å²) in [7, 11) is 4.81. The third-order valence-electron chi connectivity index (χ3n) is 6.66. The Morgan fingerprint density at radius 2 is 1.76 bits per heavy atom. The number of rotatable bonds is 7. The largest absolute Gasteiger partial charge is 0.497 e. The molecular weight excluding hydrogens is 488 g/mol. The standard InChI is InChI=1S/C29H32N2O5S/c1-15(2)22-12-19(16(3)11-23(22)35-7)13-25-28(33)31-27(21-10-9-20(34-6)14-24(21)36-8)26(18(5)32)17(4)30-29(31)37-25/h9-15,27H,1-8H3/b25-13+. The highest BCUT2D eigenvalue weighted by Gasteiger charge is 2.32. The fourth-order valence-corrected chi connectivity index (χ4v) is 5.79. The minimum Gasteiger partial charge on any atom is -0.497 e. The summed E-state index contributed by atoms with van der Waals surface area (Å²) >= 11 is 1.31. The third kappa shape index (κ3) is 4.73. The SMILES string of the molecule is COc1ccc(C2C(C(C)=O)=C(C)N=c3s/c(=C/c4cc(C(C)C)c(OC)cc4C)c(=O)n32)c(OC)c1. The smallest absolute Gasteiger partial charge is 0.271 e. The highest BCUT2D eigenvalue weighted by atomic mass is 32.1. The van der Waals surface area contributed by atoms with Gasteiger partial charge in [0.2, 0.25) is 0 Å². The fraction of sp³-hybridized carbons (Fsp3) is 0.345.